The Balaban J connectivity index is 1.37. The lowest BCUT2D eigenvalue weighted by Gasteiger charge is -2.09. The molecule has 0 bridgehead atoms. The van der Waals surface area contributed by atoms with Gasteiger partial charge in [0.15, 0.2) is 23.2 Å². The van der Waals surface area contributed by atoms with Gasteiger partial charge in [-0.2, -0.15) is 0 Å². The maximum atomic E-state index is 15.1. The lowest BCUT2D eigenvalue weighted by Crippen LogP contribution is -2.02. The van der Waals surface area contributed by atoms with Crippen LogP contribution >= 0.6 is 0 Å². The molecule has 0 aliphatic heterocycles. The standard InChI is InChI=1S/C29H28F4N2O/c1-2-3-4-13-36-23-17-34-27(35-18-23)12-7-19-6-11-24-22(14-19)10-9-21(28(24)32)8-5-20-15-25(30)29(33)26(31)16-20/h6,9-11,14-18H,2-5,7-8,12-13H2,1H3. The Morgan fingerprint density at radius 2 is 1.44 bits per heavy atom. The molecule has 0 unspecified atom stereocenters. The van der Waals surface area contributed by atoms with Crippen molar-refractivity contribution in [3.63, 3.8) is 0 Å². The smallest absolute Gasteiger partial charge is 0.194 e. The third-order valence-electron chi connectivity index (χ3n) is 6.16. The van der Waals surface area contributed by atoms with Crippen LogP contribution in [0.15, 0.2) is 54.9 Å². The fraction of sp³-hybridized carbons (Fsp3) is 0.310. The number of benzene rings is 3. The summed E-state index contributed by atoms with van der Waals surface area (Å²) in [7, 11) is 0. The van der Waals surface area contributed by atoms with E-state index in [-0.39, 0.29) is 24.2 Å². The molecule has 3 nitrogen and oxygen atoms in total. The average Bonchev–Trinajstić information content (AvgIpc) is 2.88. The van der Waals surface area contributed by atoms with Gasteiger partial charge >= 0.3 is 0 Å². The summed E-state index contributed by atoms with van der Waals surface area (Å²) in [5.41, 5.74) is 1.75. The summed E-state index contributed by atoms with van der Waals surface area (Å²) in [6.07, 6.45) is 8.46. The monoisotopic (exact) mass is 496 g/mol. The predicted molar refractivity (Wildman–Crippen MR) is 132 cm³/mol. The minimum atomic E-state index is -1.50. The molecule has 4 rings (SSSR count). The van der Waals surface area contributed by atoms with Gasteiger partial charge in [-0.25, -0.2) is 27.5 Å². The van der Waals surface area contributed by atoms with Crippen LogP contribution in [0.2, 0.25) is 0 Å². The van der Waals surface area contributed by atoms with Crippen molar-refractivity contribution in [2.45, 2.75) is 51.9 Å². The van der Waals surface area contributed by atoms with E-state index < -0.39 is 17.5 Å². The van der Waals surface area contributed by atoms with Crippen molar-refractivity contribution < 1.29 is 22.3 Å². The predicted octanol–water partition coefficient (Wildman–Crippen LogP) is 7.33. The molecule has 4 aromatic rings. The molecule has 7 heteroatoms. The van der Waals surface area contributed by atoms with Crippen molar-refractivity contribution in [3.05, 3.63) is 101 Å². The third kappa shape index (κ3) is 6.39. The number of hydrogen-bond donors (Lipinski definition) is 0. The zero-order valence-corrected chi connectivity index (χ0v) is 20.2. The Hall–Kier alpha value is -3.48. The molecule has 3 aromatic carbocycles. The molecule has 0 aliphatic rings. The lowest BCUT2D eigenvalue weighted by molar-refractivity contribution is 0.303. The second kappa shape index (κ2) is 12.0. The van der Waals surface area contributed by atoms with Gasteiger partial charge < -0.3 is 4.74 Å². The Morgan fingerprint density at radius 3 is 2.17 bits per heavy atom. The molecule has 1 aromatic heterocycles. The van der Waals surface area contributed by atoms with Crippen molar-refractivity contribution in [2.75, 3.05) is 6.61 Å². The second-order valence-corrected chi connectivity index (χ2v) is 8.86. The Bertz CT molecular complexity index is 1300. The van der Waals surface area contributed by atoms with Crippen LogP contribution in [0.1, 0.15) is 48.7 Å². The van der Waals surface area contributed by atoms with Gasteiger partial charge in [0.2, 0.25) is 0 Å². The minimum Gasteiger partial charge on any atom is -0.490 e. The molecule has 0 fully saturated rings. The average molecular weight is 497 g/mol. The highest BCUT2D eigenvalue weighted by molar-refractivity contribution is 5.84. The molecule has 188 valence electrons. The van der Waals surface area contributed by atoms with Gasteiger partial charge in [0.25, 0.3) is 0 Å². The van der Waals surface area contributed by atoms with Gasteiger partial charge in [-0.05, 0) is 59.9 Å². The number of rotatable bonds is 11. The largest absolute Gasteiger partial charge is 0.490 e. The summed E-state index contributed by atoms with van der Waals surface area (Å²) in [5, 5.41) is 1.25. The number of hydrogen-bond acceptors (Lipinski definition) is 3. The Morgan fingerprint density at radius 1 is 0.722 bits per heavy atom. The van der Waals surface area contributed by atoms with Crippen LogP contribution in [0, 0.1) is 23.3 Å². The molecule has 0 aliphatic carbocycles. The van der Waals surface area contributed by atoms with Crippen LogP contribution in [0.25, 0.3) is 10.8 Å². The van der Waals surface area contributed by atoms with Gasteiger partial charge in [0.1, 0.15) is 11.6 Å². The van der Waals surface area contributed by atoms with E-state index in [1.807, 2.05) is 18.2 Å². The fourth-order valence-corrected chi connectivity index (χ4v) is 4.11. The molecule has 0 saturated heterocycles. The van der Waals surface area contributed by atoms with E-state index in [2.05, 4.69) is 16.9 Å². The maximum absolute atomic E-state index is 15.1. The van der Waals surface area contributed by atoms with E-state index in [1.165, 1.54) is 0 Å². The highest BCUT2D eigenvalue weighted by Crippen LogP contribution is 2.25. The summed E-state index contributed by atoms with van der Waals surface area (Å²) in [6.45, 7) is 2.81. The molecule has 0 atom stereocenters. The number of nitrogens with zero attached hydrogens (tertiary/aromatic N) is 2. The SMILES string of the molecule is CCCCCOc1cnc(CCc2ccc3c(F)c(CCc4cc(F)c(F)c(F)c4)ccc3c2)nc1. The molecule has 0 radical (unpaired) electrons. The Kier molecular flexibility index (Phi) is 8.52. The number of aryl methyl sites for hydroxylation is 4. The molecule has 36 heavy (non-hydrogen) atoms. The minimum absolute atomic E-state index is 0.192. The van der Waals surface area contributed by atoms with E-state index in [0.717, 1.165) is 42.3 Å². The van der Waals surface area contributed by atoms with Gasteiger partial charge in [-0.15, -0.1) is 0 Å². The van der Waals surface area contributed by atoms with E-state index in [4.69, 9.17) is 4.74 Å². The first kappa shape index (κ1) is 25.6. The Labute approximate surface area is 208 Å². The topological polar surface area (TPSA) is 35.0 Å². The van der Waals surface area contributed by atoms with Gasteiger partial charge in [0, 0.05) is 11.8 Å². The van der Waals surface area contributed by atoms with Crippen molar-refractivity contribution in [1.82, 2.24) is 9.97 Å². The molecule has 0 saturated carbocycles. The van der Waals surface area contributed by atoms with Crippen molar-refractivity contribution >= 4 is 10.8 Å². The van der Waals surface area contributed by atoms with Crippen LogP contribution in [-0.4, -0.2) is 16.6 Å². The van der Waals surface area contributed by atoms with E-state index in [9.17, 15) is 13.2 Å². The van der Waals surface area contributed by atoms with Crippen molar-refractivity contribution in [3.8, 4) is 5.75 Å². The normalized spacial score (nSPS) is 11.2. The van der Waals surface area contributed by atoms with Crippen molar-refractivity contribution in [1.29, 1.82) is 0 Å². The fourth-order valence-electron chi connectivity index (χ4n) is 4.11. The lowest BCUT2D eigenvalue weighted by atomic mass is 9.98. The number of fused-ring (bicyclic) bond motifs is 1. The first-order chi connectivity index (χ1) is 17.4. The molecule has 0 N–H and O–H groups in total. The molecule has 1 heterocycles. The number of halogens is 4. The van der Waals surface area contributed by atoms with E-state index in [0.29, 0.717) is 42.0 Å². The number of unbranched alkanes of at least 4 members (excludes halogenated alkanes) is 2. The molecule has 0 spiro atoms. The zero-order valence-electron chi connectivity index (χ0n) is 20.2. The van der Waals surface area contributed by atoms with Crippen molar-refractivity contribution in [2.24, 2.45) is 0 Å². The highest BCUT2D eigenvalue weighted by atomic mass is 19.2. The second-order valence-electron chi connectivity index (χ2n) is 8.86. The molecular formula is C29H28F4N2O. The van der Waals surface area contributed by atoms with Crippen LogP contribution in [0.3, 0.4) is 0 Å². The van der Waals surface area contributed by atoms with Crippen LogP contribution < -0.4 is 4.74 Å². The van der Waals surface area contributed by atoms with E-state index in [1.54, 1.807) is 24.5 Å². The maximum Gasteiger partial charge on any atom is 0.194 e. The first-order valence-electron chi connectivity index (χ1n) is 12.2. The van der Waals surface area contributed by atoms with Gasteiger partial charge in [0.05, 0.1) is 19.0 Å². The molecule has 0 amide bonds. The van der Waals surface area contributed by atoms with E-state index >= 15 is 4.39 Å². The van der Waals surface area contributed by atoms with Crippen LogP contribution in [0.4, 0.5) is 17.6 Å². The summed E-state index contributed by atoms with van der Waals surface area (Å²) >= 11 is 0. The van der Waals surface area contributed by atoms with Crippen LogP contribution in [-0.2, 0) is 25.7 Å². The van der Waals surface area contributed by atoms with Gasteiger partial charge in [-0.1, -0.05) is 50.1 Å². The highest BCUT2D eigenvalue weighted by Gasteiger charge is 2.13. The quantitative estimate of drug-likeness (QED) is 0.124. The zero-order chi connectivity index (χ0) is 25.5. The van der Waals surface area contributed by atoms with Crippen LogP contribution in [0.5, 0.6) is 5.75 Å². The molecular weight excluding hydrogens is 468 g/mol. The third-order valence-corrected chi connectivity index (χ3v) is 6.16. The van der Waals surface area contributed by atoms with Gasteiger partial charge in [-0.3, -0.25) is 0 Å². The number of ether oxygens (including phenoxy) is 1. The summed E-state index contributed by atoms with van der Waals surface area (Å²) in [4.78, 5) is 8.76. The number of aromatic nitrogens is 2. The first-order valence-corrected chi connectivity index (χ1v) is 12.2. The summed E-state index contributed by atoms with van der Waals surface area (Å²) < 4.78 is 60.8. The summed E-state index contributed by atoms with van der Waals surface area (Å²) in [6, 6.07) is 11.0. The summed E-state index contributed by atoms with van der Waals surface area (Å²) in [5.74, 6) is -2.96.